The van der Waals surface area contributed by atoms with Crippen molar-refractivity contribution in [3.8, 4) is 0 Å². The smallest absolute Gasteiger partial charge is 0.446 e. The minimum atomic E-state index is -4.25. The average molecular weight is 263 g/mol. The van der Waals surface area contributed by atoms with Crippen molar-refractivity contribution in [3.05, 3.63) is 29.8 Å². The Balaban J connectivity index is 2.42. The van der Waals surface area contributed by atoms with Crippen LogP contribution in [0.2, 0.25) is 0 Å². The largest absolute Gasteiger partial charge is 0.457 e. The molecule has 0 aliphatic carbocycles. The number of hydrogen-bond acceptors (Lipinski definition) is 3. The highest BCUT2D eigenvalue weighted by Gasteiger charge is 2.28. The molecule has 0 atom stereocenters. The zero-order valence-corrected chi connectivity index (χ0v) is 9.61. The van der Waals surface area contributed by atoms with Gasteiger partial charge in [0.1, 0.15) is 0 Å². The first-order chi connectivity index (χ1) is 8.01. The molecule has 0 N–H and O–H groups in total. The molecular formula is C11H10F3O2S. The van der Waals surface area contributed by atoms with Crippen LogP contribution in [0.3, 0.4) is 0 Å². The lowest BCUT2D eigenvalue weighted by molar-refractivity contribution is -0.0328. The lowest BCUT2D eigenvalue weighted by atomic mass is 10.1. The summed E-state index contributed by atoms with van der Waals surface area (Å²) in [5.74, 6) is 0. The van der Waals surface area contributed by atoms with Gasteiger partial charge in [0.05, 0.1) is 6.61 Å². The first-order valence-corrected chi connectivity index (χ1v) is 5.66. The van der Waals surface area contributed by atoms with Gasteiger partial charge in [-0.1, -0.05) is 12.1 Å². The van der Waals surface area contributed by atoms with Gasteiger partial charge in [0.2, 0.25) is 0 Å². The summed E-state index contributed by atoms with van der Waals surface area (Å²) in [4.78, 5) is 9.90. The van der Waals surface area contributed by atoms with E-state index in [2.05, 4.69) is 4.74 Å². The molecule has 1 rings (SSSR count). The molecule has 6 heteroatoms. The standard InChI is InChI=1S/C11H10F3O2S/c12-11(13,14)17-10-5-3-9(4-6-10)2-1-7-16-8-15/h3-6H,1-2,7H2. The highest BCUT2D eigenvalue weighted by molar-refractivity contribution is 8.00. The fourth-order valence-electron chi connectivity index (χ4n) is 1.25. The van der Waals surface area contributed by atoms with E-state index in [1.54, 1.807) is 12.1 Å². The summed E-state index contributed by atoms with van der Waals surface area (Å²) >= 11 is -0.135. The molecule has 0 fully saturated rings. The second kappa shape index (κ2) is 6.54. The molecule has 0 saturated carbocycles. The van der Waals surface area contributed by atoms with Crippen molar-refractivity contribution in [2.24, 2.45) is 0 Å². The van der Waals surface area contributed by atoms with Gasteiger partial charge in [-0.05, 0) is 42.3 Å². The average Bonchev–Trinajstić information content (AvgIpc) is 2.25. The van der Waals surface area contributed by atoms with Crippen molar-refractivity contribution in [3.63, 3.8) is 0 Å². The van der Waals surface area contributed by atoms with Crippen LogP contribution in [0.15, 0.2) is 29.2 Å². The van der Waals surface area contributed by atoms with Gasteiger partial charge >= 0.3 is 12.0 Å². The quantitative estimate of drug-likeness (QED) is 0.581. The zero-order chi connectivity index (χ0) is 12.7. The van der Waals surface area contributed by atoms with E-state index in [-0.39, 0.29) is 23.3 Å². The summed E-state index contributed by atoms with van der Waals surface area (Å²) < 4.78 is 40.5. The van der Waals surface area contributed by atoms with Crippen LogP contribution in [0.1, 0.15) is 12.0 Å². The van der Waals surface area contributed by atoms with E-state index in [4.69, 9.17) is 0 Å². The van der Waals surface area contributed by atoms with E-state index in [0.29, 0.717) is 12.8 Å². The minimum Gasteiger partial charge on any atom is -0.457 e. The van der Waals surface area contributed by atoms with Crippen LogP contribution in [0, 0.1) is 0 Å². The molecule has 0 spiro atoms. The Kier molecular flexibility index (Phi) is 5.34. The number of aryl methyl sites for hydroxylation is 1. The molecule has 0 aliphatic heterocycles. The summed E-state index contributed by atoms with van der Waals surface area (Å²) in [5, 5.41) is 0. The summed E-state index contributed by atoms with van der Waals surface area (Å²) in [7, 11) is 0. The Morgan fingerprint density at radius 2 is 1.88 bits per heavy atom. The molecule has 0 aromatic heterocycles. The number of halogens is 3. The van der Waals surface area contributed by atoms with Crippen LogP contribution in [-0.2, 0) is 16.0 Å². The first-order valence-electron chi connectivity index (χ1n) is 4.85. The second-order valence-corrected chi connectivity index (χ2v) is 4.37. The lowest BCUT2D eigenvalue weighted by Gasteiger charge is -2.06. The van der Waals surface area contributed by atoms with Crippen LogP contribution in [-0.4, -0.2) is 18.6 Å². The number of hydrogen-bond donors (Lipinski definition) is 0. The summed E-state index contributed by atoms with van der Waals surface area (Å²) in [6.45, 7) is 1.58. The Morgan fingerprint density at radius 3 is 2.41 bits per heavy atom. The topological polar surface area (TPSA) is 26.3 Å². The second-order valence-electron chi connectivity index (χ2n) is 3.23. The monoisotopic (exact) mass is 263 g/mol. The first kappa shape index (κ1) is 13.9. The van der Waals surface area contributed by atoms with Gasteiger partial charge in [-0.3, -0.25) is 0 Å². The van der Waals surface area contributed by atoms with E-state index in [1.165, 1.54) is 18.6 Å². The molecule has 0 unspecified atom stereocenters. The van der Waals surface area contributed by atoms with Crippen LogP contribution in [0.5, 0.6) is 0 Å². The third-order valence-corrected chi connectivity index (χ3v) is 2.67. The number of benzene rings is 1. The van der Waals surface area contributed by atoms with Gasteiger partial charge in [-0.25, -0.2) is 4.79 Å². The maximum Gasteiger partial charge on any atom is 0.446 e. The van der Waals surface area contributed by atoms with Crippen LogP contribution < -0.4 is 0 Å². The number of ether oxygens (including phenoxy) is 1. The van der Waals surface area contributed by atoms with Gasteiger partial charge in [-0.15, -0.1) is 0 Å². The van der Waals surface area contributed by atoms with Crippen LogP contribution in [0.25, 0.3) is 0 Å². The minimum absolute atomic E-state index is 0.135. The summed E-state index contributed by atoms with van der Waals surface area (Å²) in [5.41, 5.74) is -3.35. The van der Waals surface area contributed by atoms with Gasteiger partial charge in [0.25, 0.3) is 0 Å². The van der Waals surface area contributed by atoms with Crippen molar-refractivity contribution in [1.82, 2.24) is 0 Å². The van der Waals surface area contributed by atoms with Gasteiger partial charge < -0.3 is 4.74 Å². The summed E-state index contributed by atoms with van der Waals surface area (Å²) in [6, 6.07) is 6.14. The normalized spacial score (nSPS) is 11.2. The molecule has 0 aliphatic rings. The van der Waals surface area contributed by atoms with Crippen molar-refractivity contribution in [2.45, 2.75) is 23.2 Å². The van der Waals surface area contributed by atoms with E-state index in [0.717, 1.165) is 5.56 Å². The third-order valence-electron chi connectivity index (χ3n) is 1.93. The Hall–Kier alpha value is -1.17. The predicted molar refractivity (Wildman–Crippen MR) is 58.3 cm³/mol. The van der Waals surface area contributed by atoms with E-state index in [9.17, 15) is 18.0 Å². The summed E-state index contributed by atoms with van der Waals surface area (Å²) in [6.07, 6.45) is 1.28. The number of carbonyl (C=O) groups excluding carboxylic acids is 1. The van der Waals surface area contributed by atoms with E-state index in [1.807, 2.05) is 0 Å². The number of thioether (sulfide) groups is 1. The number of alkyl halides is 3. The molecular weight excluding hydrogens is 253 g/mol. The van der Waals surface area contributed by atoms with Crippen LogP contribution in [0.4, 0.5) is 13.2 Å². The van der Waals surface area contributed by atoms with Crippen molar-refractivity contribution < 1.29 is 22.7 Å². The molecule has 0 amide bonds. The fraction of sp³-hybridized carbons (Fsp3) is 0.364. The Labute approximate surface area is 101 Å². The number of rotatable bonds is 6. The van der Waals surface area contributed by atoms with E-state index >= 15 is 0 Å². The Morgan fingerprint density at radius 1 is 1.24 bits per heavy atom. The van der Waals surface area contributed by atoms with Crippen molar-refractivity contribution in [2.75, 3.05) is 6.61 Å². The predicted octanol–water partition coefficient (Wildman–Crippen LogP) is 3.31. The zero-order valence-electron chi connectivity index (χ0n) is 8.79. The van der Waals surface area contributed by atoms with Gasteiger partial charge in [-0.2, -0.15) is 13.2 Å². The van der Waals surface area contributed by atoms with Crippen molar-refractivity contribution in [1.29, 1.82) is 0 Å². The highest BCUT2D eigenvalue weighted by atomic mass is 32.2. The molecule has 2 nitrogen and oxygen atoms in total. The maximum absolute atomic E-state index is 12.0. The molecule has 17 heavy (non-hydrogen) atoms. The SMILES string of the molecule is O=[C]OCCCc1ccc(SC(F)(F)F)cc1. The fourth-order valence-corrected chi connectivity index (χ4v) is 1.79. The molecule has 93 valence electrons. The van der Waals surface area contributed by atoms with Gasteiger partial charge in [0, 0.05) is 4.90 Å². The van der Waals surface area contributed by atoms with Crippen molar-refractivity contribution >= 4 is 18.2 Å². The lowest BCUT2D eigenvalue weighted by Crippen LogP contribution is -1.99. The highest BCUT2D eigenvalue weighted by Crippen LogP contribution is 2.36. The van der Waals surface area contributed by atoms with E-state index < -0.39 is 5.51 Å². The third kappa shape index (κ3) is 6.21. The van der Waals surface area contributed by atoms with Gasteiger partial charge in [0.15, 0.2) is 0 Å². The molecule has 1 aromatic carbocycles. The molecule has 0 heterocycles. The maximum atomic E-state index is 12.0. The molecule has 0 saturated heterocycles. The molecule has 0 bridgehead atoms. The molecule has 1 radical (unpaired) electrons. The Bertz CT molecular complexity index is 349. The van der Waals surface area contributed by atoms with Crippen LogP contribution >= 0.6 is 11.8 Å². The molecule has 1 aromatic rings.